The third-order valence-corrected chi connectivity index (χ3v) is 4.03. The molecule has 0 fully saturated rings. The van der Waals surface area contributed by atoms with Gasteiger partial charge in [0.1, 0.15) is 0 Å². The molecule has 1 aliphatic heterocycles. The molecule has 0 saturated heterocycles. The SMILES string of the molecule is c1cn(CCN2CCc3sccc3C2)nn1. The topological polar surface area (TPSA) is 34.0 Å². The molecule has 0 bridgehead atoms. The summed E-state index contributed by atoms with van der Waals surface area (Å²) in [7, 11) is 0. The van der Waals surface area contributed by atoms with Crippen LogP contribution in [0, 0.1) is 0 Å². The van der Waals surface area contributed by atoms with Crippen molar-refractivity contribution < 1.29 is 0 Å². The molecule has 2 aromatic rings. The highest BCUT2D eigenvalue weighted by atomic mass is 32.1. The summed E-state index contributed by atoms with van der Waals surface area (Å²) in [6.45, 7) is 4.24. The molecule has 1 aliphatic rings. The summed E-state index contributed by atoms with van der Waals surface area (Å²) >= 11 is 1.89. The second-order valence-corrected chi connectivity index (χ2v) is 5.06. The molecule has 3 heterocycles. The summed E-state index contributed by atoms with van der Waals surface area (Å²) in [4.78, 5) is 4.05. The average Bonchev–Trinajstić information content (AvgIpc) is 2.97. The van der Waals surface area contributed by atoms with E-state index >= 15 is 0 Å². The molecule has 0 aromatic carbocycles. The Bertz CT molecular complexity index is 448. The maximum absolute atomic E-state index is 3.98. The van der Waals surface area contributed by atoms with Crippen LogP contribution in [0.2, 0.25) is 0 Å². The lowest BCUT2D eigenvalue weighted by Gasteiger charge is -2.26. The van der Waals surface area contributed by atoms with Crippen LogP contribution < -0.4 is 0 Å². The molecule has 0 saturated carbocycles. The van der Waals surface area contributed by atoms with Crippen LogP contribution in [0.3, 0.4) is 0 Å². The summed E-state index contributed by atoms with van der Waals surface area (Å²) in [5, 5.41) is 9.99. The minimum absolute atomic E-state index is 0.930. The molecule has 16 heavy (non-hydrogen) atoms. The molecule has 0 N–H and O–H groups in total. The van der Waals surface area contributed by atoms with Crippen LogP contribution in [0.5, 0.6) is 0 Å². The molecule has 2 aromatic heterocycles. The predicted molar refractivity (Wildman–Crippen MR) is 63.3 cm³/mol. The lowest BCUT2D eigenvalue weighted by Crippen LogP contribution is -2.32. The number of nitrogens with zero attached hydrogens (tertiary/aromatic N) is 4. The second kappa shape index (κ2) is 4.35. The number of aromatic nitrogens is 3. The van der Waals surface area contributed by atoms with Gasteiger partial charge in [-0.25, -0.2) is 0 Å². The van der Waals surface area contributed by atoms with Gasteiger partial charge < -0.3 is 0 Å². The van der Waals surface area contributed by atoms with Gasteiger partial charge in [0.2, 0.25) is 0 Å². The zero-order valence-corrected chi connectivity index (χ0v) is 9.86. The van der Waals surface area contributed by atoms with Crippen LogP contribution in [-0.2, 0) is 19.5 Å². The Morgan fingerprint density at radius 2 is 2.38 bits per heavy atom. The predicted octanol–water partition coefficient (Wildman–Crippen LogP) is 1.40. The highest BCUT2D eigenvalue weighted by Gasteiger charge is 2.16. The summed E-state index contributed by atoms with van der Waals surface area (Å²) in [6.07, 6.45) is 4.84. The molecule has 0 radical (unpaired) electrons. The maximum Gasteiger partial charge on any atom is 0.0692 e. The van der Waals surface area contributed by atoms with E-state index in [-0.39, 0.29) is 0 Å². The summed E-state index contributed by atoms with van der Waals surface area (Å²) in [5.74, 6) is 0. The number of thiophene rings is 1. The fourth-order valence-electron chi connectivity index (χ4n) is 2.09. The molecule has 0 aliphatic carbocycles. The van der Waals surface area contributed by atoms with E-state index in [0.717, 1.165) is 19.6 Å². The first-order valence-corrected chi connectivity index (χ1v) is 6.41. The normalized spacial score (nSPS) is 16.2. The van der Waals surface area contributed by atoms with Gasteiger partial charge in [-0.3, -0.25) is 9.58 Å². The van der Waals surface area contributed by atoms with E-state index in [2.05, 4.69) is 26.7 Å². The van der Waals surface area contributed by atoms with Crippen LogP contribution in [0.4, 0.5) is 0 Å². The minimum atomic E-state index is 0.930. The zero-order valence-electron chi connectivity index (χ0n) is 9.04. The molecule has 0 spiro atoms. The van der Waals surface area contributed by atoms with Crippen LogP contribution in [-0.4, -0.2) is 33.0 Å². The van der Waals surface area contributed by atoms with E-state index in [1.54, 1.807) is 11.1 Å². The quantitative estimate of drug-likeness (QED) is 0.805. The van der Waals surface area contributed by atoms with Gasteiger partial charge in [-0.15, -0.1) is 16.4 Å². The molecule has 84 valence electrons. The Balaban J connectivity index is 1.58. The Morgan fingerprint density at radius 3 is 3.25 bits per heavy atom. The molecular weight excluding hydrogens is 220 g/mol. The van der Waals surface area contributed by atoms with E-state index in [1.807, 2.05) is 22.2 Å². The van der Waals surface area contributed by atoms with Crippen molar-refractivity contribution in [1.29, 1.82) is 0 Å². The minimum Gasteiger partial charge on any atom is -0.297 e. The highest BCUT2D eigenvalue weighted by molar-refractivity contribution is 7.10. The van der Waals surface area contributed by atoms with Crippen molar-refractivity contribution in [3.63, 3.8) is 0 Å². The fraction of sp³-hybridized carbons (Fsp3) is 0.455. The van der Waals surface area contributed by atoms with Crippen molar-refractivity contribution in [2.45, 2.75) is 19.5 Å². The van der Waals surface area contributed by atoms with Crippen LogP contribution in [0.1, 0.15) is 10.4 Å². The Hall–Kier alpha value is -1.20. The Kier molecular flexibility index (Phi) is 2.71. The first kappa shape index (κ1) is 9.99. The maximum atomic E-state index is 3.98. The van der Waals surface area contributed by atoms with E-state index < -0.39 is 0 Å². The van der Waals surface area contributed by atoms with Gasteiger partial charge in [0.05, 0.1) is 12.7 Å². The van der Waals surface area contributed by atoms with Gasteiger partial charge in [-0.1, -0.05) is 5.21 Å². The number of fused-ring (bicyclic) bond motifs is 1. The van der Waals surface area contributed by atoms with Crippen LogP contribution in [0.25, 0.3) is 0 Å². The van der Waals surface area contributed by atoms with Gasteiger partial charge in [0.15, 0.2) is 0 Å². The van der Waals surface area contributed by atoms with Gasteiger partial charge in [-0.05, 0) is 23.4 Å². The molecular formula is C11H14N4S. The van der Waals surface area contributed by atoms with Crippen molar-refractivity contribution >= 4 is 11.3 Å². The Labute approximate surface area is 98.5 Å². The summed E-state index contributed by atoms with van der Waals surface area (Å²) < 4.78 is 1.89. The number of hydrogen-bond donors (Lipinski definition) is 0. The van der Waals surface area contributed by atoms with Gasteiger partial charge in [0, 0.05) is 30.7 Å². The number of rotatable bonds is 3. The largest absolute Gasteiger partial charge is 0.297 e. The lowest BCUT2D eigenvalue weighted by atomic mass is 10.1. The second-order valence-electron chi connectivity index (χ2n) is 4.06. The van der Waals surface area contributed by atoms with E-state index in [9.17, 15) is 0 Å². The monoisotopic (exact) mass is 234 g/mol. The van der Waals surface area contributed by atoms with Crippen molar-refractivity contribution in [1.82, 2.24) is 19.9 Å². The Morgan fingerprint density at radius 1 is 1.38 bits per heavy atom. The van der Waals surface area contributed by atoms with Crippen molar-refractivity contribution in [2.24, 2.45) is 0 Å². The number of hydrogen-bond acceptors (Lipinski definition) is 4. The molecule has 0 unspecified atom stereocenters. The highest BCUT2D eigenvalue weighted by Crippen LogP contribution is 2.23. The van der Waals surface area contributed by atoms with Crippen LogP contribution >= 0.6 is 11.3 Å². The lowest BCUT2D eigenvalue weighted by molar-refractivity contribution is 0.241. The van der Waals surface area contributed by atoms with Crippen LogP contribution in [0.15, 0.2) is 23.8 Å². The van der Waals surface area contributed by atoms with Gasteiger partial charge in [-0.2, -0.15) is 0 Å². The molecule has 3 rings (SSSR count). The third kappa shape index (κ3) is 2.01. The fourth-order valence-corrected chi connectivity index (χ4v) is 2.98. The van der Waals surface area contributed by atoms with Crippen molar-refractivity contribution in [3.05, 3.63) is 34.3 Å². The van der Waals surface area contributed by atoms with E-state index in [4.69, 9.17) is 0 Å². The first-order chi connectivity index (χ1) is 7.92. The zero-order chi connectivity index (χ0) is 10.8. The van der Waals surface area contributed by atoms with Gasteiger partial charge >= 0.3 is 0 Å². The van der Waals surface area contributed by atoms with Crippen molar-refractivity contribution in [3.8, 4) is 0 Å². The summed E-state index contributed by atoms with van der Waals surface area (Å²) in [6, 6.07) is 2.25. The smallest absolute Gasteiger partial charge is 0.0692 e. The van der Waals surface area contributed by atoms with E-state index in [0.29, 0.717) is 0 Å². The average molecular weight is 234 g/mol. The molecule has 5 heteroatoms. The molecule has 4 nitrogen and oxygen atoms in total. The summed E-state index contributed by atoms with van der Waals surface area (Å²) in [5.41, 5.74) is 1.51. The molecule has 0 amide bonds. The third-order valence-electron chi connectivity index (χ3n) is 3.00. The molecule has 0 atom stereocenters. The van der Waals surface area contributed by atoms with E-state index in [1.165, 1.54) is 18.5 Å². The van der Waals surface area contributed by atoms with Crippen molar-refractivity contribution in [2.75, 3.05) is 13.1 Å². The standard InChI is InChI=1S/C11H14N4S/c1-4-14(6-7-15-5-3-12-13-15)9-10-2-8-16-11(1)10/h2-3,5,8H,1,4,6-7,9H2. The van der Waals surface area contributed by atoms with Gasteiger partial charge in [0.25, 0.3) is 0 Å². The first-order valence-electron chi connectivity index (χ1n) is 5.53.